The molecule has 0 bridgehead atoms. The van der Waals surface area contributed by atoms with Crippen LogP contribution in [-0.4, -0.2) is 37.7 Å². The van der Waals surface area contributed by atoms with Gasteiger partial charge in [-0.05, 0) is 43.2 Å². The normalized spacial score (nSPS) is 11.5. The first-order valence-electron chi connectivity index (χ1n) is 6.98. The fourth-order valence-electron chi connectivity index (χ4n) is 2.04. The van der Waals surface area contributed by atoms with Crippen LogP contribution in [0.4, 0.5) is 5.69 Å². The van der Waals surface area contributed by atoms with Gasteiger partial charge in [-0.2, -0.15) is 0 Å². The zero-order valence-electron chi connectivity index (χ0n) is 13.5. The minimum Gasteiger partial charge on any atom is -0.321 e. The van der Waals surface area contributed by atoms with Crippen LogP contribution in [-0.2, 0) is 10.0 Å². The molecule has 0 aliphatic rings. The number of nitrogens with one attached hydrogen (secondary N) is 1. The minimum atomic E-state index is -3.60. The maximum Gasteiger partial charge on any atom is 0.255 e. The Kier molecular flexibility index (Phi) is 4.82. The van der Waals surface area contributed by atoms with Crippen LogP contribution in [0.3, 0.4) is 0 Å². The van der Waals surface area contributed by atoms with Gasteiger partial charge in [-0.25, -0.2) is 12.7 Å². The van der Waals surface area contributed by atoms with Crippen molar-refractivity contribution in [3.8, 4) is 0 Å². The van der Waals surface area contributed by atoms with Crippen LogP contribution in [0.25, 0.3) is 0 Å². The molecule has 0 radical (unpaired) electrons. The highest BCUT2D eigenvalue weighted by Gasteiger charge is 2.21. The highest BCUT2D eigenvalue weighted by molar-refractivity contribution is 7.89. The molecule has 23 heavy (non-hydrogen) atoms. The molecule has 2 rings (SSSR count). The second-order valence-corrected chi connectivity index (χ2v) is 7.59. The molecule has 7 heteroatoms. The molecule has 0 fully saturated rings. The molecule has 1 aromatic carbocycles. The average Bonchev–Trinajstić information content (AvgIpc) is 2.47. The number of nitrogens with zero attached hydrogens (tertiary/aromatic N) is 2. The summed E-state index contributed by atoms with van der Waals surface area (Å²) in [6.07, 6.45) is 3.22. The number of anilines is 1. The topological polar surface area (TPSA) is 79.4 Å². The van der Waals surface area contributed by atoms with Crippen molar-refractivity contribution in [3.63, 3.8) is 0 Å². The Hall–Kier alpha value is -2.25. The van der Waals surface area contributed by atoms with E-state index in [2.05, 4.69) is 10.3 Å². The second-order valence-electron chi connectivity index (χ2n) is 5.47. The number of amides is 1. The summed E-state index contributed by atoms with van der Waals surface area (Å²) in [5.41, 5.74) is 2.35. The first-order chi connectivity index (χ1) is 10.7. The van der Waals surface area contributed by atoms with Crippen LogP contribution in [0.5, 0.6) is 0 Å². The third kappa shape index (κ3) is 3.75. The van der Waals surface area contributed by atoms with Crippen molar-refractivity contribution in [2.75, 3.05) is 19.4 Å². The zero-order chi connectivity index (χ0) is 17.2. The monoisotopic (exact) mass is 333 g/mol. The molecule has 6 nitrogen and oxygen atoms in total. The molecule has 1 N–H and O–H groups in total. The molecule has 0 saturated carbocycles. The predicted octanol–water partition coefficient (Wildman–Crippen LogP) is 2.20. The number of benzene rings is 1. The zero-order valence-corrected chi connectivity index (χ0v) is 14.3. The van der Waals surface area contributed by atoms with Gasteiger partial charge >= 0.3 is 0 Å². The lowest BCUT2D eigenvalue weighted by molar-refractivity contribution is 0.102. The molecule has 0 saturated heterocycles. The summed E-state index contributed by atoms with van der Waals surface area (Å²) in [5, 5.41) is 2.72. The van der Waals surface area contributed by atoms with Crippen LogP contribution in [0.1, 0.15) is 21.5 Å². The third-order valence-electron chi connectivity index (χ3n) is 3.34. The second kappa shape index (κ2) is 6.47. The number of rotatable bonds is 4. The highest BCUT2D eigenvalue weighted by atomic mass is 32.2. The van der Waals surface area contributed by atoms with E-state index in [-0.39, 0.29) is 16.4 Å². The molecule has 2 aromatic rings. The number of aromatic nitrogens is 1. The Balaban J connectivity index is 2.36. The van der Waals surface area contributed by atoms with E-state index in [1.54, 1.807) is 31.3 Å². The molecule has 0 unspecified atom stereocenters. The van der Waals surface area contributed by atoms with Crippen molar-refractivity contribution >= 4 is 21.6 Å². The van der Waals surface area contributed by atoms with Crippen LogP contribution < -0.4 is 5.32 Å². The van der Waals surface area contributed by atoms with E-state index in [4.69, 9.17) is 0 Å². The summed E-state index contributed by atoms with van der Waals surface area (Å²) >= 11 is 0. The number of hydrogen-bond acceptors (Lipinski definition) is 4. The lowest BCUT2D eigenvalue weighted by atomic mass is 10.1. The number of sulfonamides is 1. The van der Waals surface area contributed by atoms with Crippen molar-refractivity contribution in [3.05, 3.63) is 53.3 Å². The number of carbonyl (C=O) groups excluding carboxylic acids is 1. The molecular formula is C16H19N3O3S. The molecule has 0 atom stereocenters. The van der Waals surface area contributed by atoms with Gasteiger partial charge in [0.05, 0.1) is 16.8 Å². The summed E-state index contributed by atoms with van der Waals surface area (Å²) < 4.78 is 25.8. The van der Waals surface area contributed by atoms with Gasteiger partial charge in [-0.15, -0.1) is 0 Å². The Morgan fingerprint density at radius 1 is 1.13 bits per heavy atom. The Morgan fingerprint density at radius 3 is 2.43 bits per heavy atom. The lowest BCUT2D eigenvalue weighted by Crippen LogP contribution is -2.23. The molecule has 0 aliphatic heterocycles. The van der Waals surface area contributed by atoms with Gasteiger partial charge in [0, 0.05) is 25.9 Å². The van der Waals surface area contributed by atoms with Crippen LogP contribution in [0, 0.1) is 13.8 Å². The van der Waals surface area contributed by atoms with Crippen molar-refractivity contribution in [2.45, 2.75) is 18.7 Å². The first-order valence-corrected chi connectivity index (χ1v) is 8.42. The summed E-state index contributed by atoms with van der Waals surface area (Å²) in [6.45, 7) is 3.57. The Morgan fingerprint density at radius 2 is 1.83 bits per heavy atom. The predicted molar refractivity (Wildman–Crippen MR) is 89.0 cm³/mol. The van der Waals surface area contributed by atoms with E-state index < -0.39 is 10.0 Å². The van der Waals surface area contributed by atoms with Crippen LogP contribution in [0.15, 0.2) is 41.6 Å². The molecule has 1 aromatic heterocycles. The Labute approximate surface area is 136 Å². The molecule has 1 heterocycles. The number of aryl methyl sites for hydroxylation is 2. The van der Waals surface area contributed by atoms with E-state index in [9.17, 15) is 13.2 Å². The fraction of sp³-hybridized carbons (Fsp3) is 0.250. The lowest BCUT2D eigenvalue weighted by Gasteiger charge is -2.14. The molecule has 1 amide bonds. The third-order valence-corrected chi connectivity index (χ3v) is 5.30. The van der Waals surface area contributed by atoms with E-state index in [1.165, 1.54) is 26.4 Å². The van der Waals surface area contributed by atoms with Gasteiger partial charge < -0.3 is 5.32 Å². The van der Waals surface area contributed by atoms with Crippen molar-refractivity contribution in [1.82, 2.24) is 9.29 Å². The van der Waals surface area contributed by atoms with Gasteiger partial charge in [0.2, 0.25) is 10.0 Å². The van der Waals surface area contributed by atoms with E-state index in [0.717, 1.165) is 9.87 Å². The van der Waals surface area contributed by atoms with Crippen molar-refractivity contribution in [2.24, 2.45) is 0 Å². The fourth-order valence-corrected chi connectivity index (χ4v) is 3.19. The average molecular weight is 333 g/mol. The van der Waals surface area contributed by atoms with Crippen LogP contribution in [0.2, 0.25) is 0 Å². The number of hydrogen-bond donors (Lipinski definition) is 1. The van der Waals surface area contributed by atoms with Gasteiger partial charge in [0.25, 0.3) is 5.91 Å². The van der Waals surface area contributed by atoms with Gasteiger partial charge in [0.1, 0.15) is 0 Å². The number of carbonyl (C=O) groups is 1. The van der Waals surface area contributed by atoms with E-state index >= 15 is 0 Å². The summed E-state index contributed by atoms with van der Waals surface area (Å²) in [6, 6.07) is 6.40. The molecular weight excluding hydrogens is 314 g/mol. The molecule has 0 aliphatic carbocycles. The quantitative estimate of drug-likeness (QED) is 0.930. The van der Waals surface area contributed by atoms with Crippen molar-refractivity contribution in [1.29, 1.82) is 0 Å². The van der Waals surface area contributed by atoms with Gasteiger partial charge in [-0.3, -0.25) is 9.78 Å². The minimum absolute atomic E-state index is 0.123. The summed E-state index contributed by atoms with van der Waals surface area (Å²) in [7, 11) is -0.686. The maximum absolute atomic E-state index is 12.3. The van der Waals surface area contributed by atoms with Gasteiger partial charge in [-0.1, -0.05) is 6.07 Å². The molecule has 0 spiro atoms. The maximum atomic E-state index is 12.3. The smallest absolute Gasteiger partial charge is 0.255 e. The first kappa shape index (κ1) is 17.1. The molecule has 122 valence electrons. The SMILES string of the molecule is Cc1cncc(NC(=O)c2ccc(C)c(S(=O)(=O)N(C)C)c2)c1. The van der Waals surface area contributed by atoms with Crippen LogP contribution >= 0.6 is 0 Å². The van der Waals surface area contributed by atoms with E-state index in [1.807, 2.05) is 6.92 Å². The Bertz CT molecular complexity index is 845. The van der Waals surface area contributed by atoms with E-state index in [0.29, 0.717) is 11.3 Å². The summed E-state index contributed by atoms with van der Waals surface area (Å²) in [4.78, 5) is 16.5. The van der Waals surface area contributed by atoms with Crippen molar-refractivity contribution < 1.29 is 13.2 Å². The largest absolute Gasteiger partial charge is 0.321 e. The summed E-state index contributed by atoms with van der Waals surface area (Å²) in [5.74, 6) is -0.382. The highest BCUT2D eigenvalue weighted by Crippen LogP contribution is 2.20. The number of pyridine rings is 1. The standard InChI is InChI=1S/C16H19N3O3S/c1-11-7-14(10-17-9-11)18-16(20)13-6-5-12(2)15(8-13)23(21,22)19(3)4/h5-10H,1-4H3,(H,18,20). The van der Waals surface area contributed by atoms with Gasteiger partial charge in [0.15, 0.2) is 0 Å².